The highest BCUT2D eigenvalue weighted by molar-refractivity contribution is 5.72. The predicted octanol–water partition coefficient (Wildman–Crippen LogP) is 2.78. The fourth-order valence-electron chi connectivity index (χ4n) is 1.82. The van der Waals surface area contributed by atoms with Crippen LogP contribution in [0.2, 0.25) is 0 Å². The van der Waals surface area contributed by atoms with Crippen LogP contribution in [0, 0.1) is 11.7 Å². The molecule has 0 amide bonds. The molecule has 0 bridgehead atoms. The molecule has 0 N–H and O–H groups in total. The van der Waals surface area contributed by atoms with Gasteiger partial charge < -0.3 is 14.2 Å². The molecule has 0 saturated heterocycles. The number of benzene rings is 1. The molecular weight excluding hydrogens is 251 g/mol. The Kier molecular flexibility index (Phi) is 4.37. The summed E-state index contributed by atoms with van der Waals surface area (Å²) >= 11 is 0. The van der Waals surface area contributed by atoms with Gasteiger partial charge in [-0.1, -0.05) is 13.8 Å². The number of carbonyl (C=O) groups excluding carboxylic acids is 1. The molecule has 1 aliphatic heterocycles. The summed E-state index contributed by atoms with van der Waals surface area (Å²) in [6.45, 7) is 4.16. The first-order valence-corrected chi connectivity index (χ1v) is 6.30. The van der Waals surface area contributed by atoms with E-state index in [0.717, 1.165) is 0 Å². The lowest BCUT2D eigenvalue weighted by atomic mass is 10.1. The molecule has 1 aromatic rings. The lowest BCUT2D eigenvalue weighted by Crippen LogP contribution is -2.17. The van der Waals surface area contributed by atoms with Crippen LogP contribution in [-0.4, -0.2) is 12.8 Å². The summed E-state index contributed by atoms with van der Waals surface area (Å²) in [5, 5.41) is 0. The first-order chi connectivity index (χ1) is 9.11. The normalized spacial score (nSPS) is 15.3. The summed E-state index contributed by atoms with van der Waals surface area (Å²) in [5.74, 6) is -0.270. The highest BCUT2D eigenvalue weighted by atomic mass is 19.1. The minimum absolute atomic E-state index is 0.0171. The second kappa shape index (κ2) is 6.02. The standard InChI is InChI=1S/C14H17FO4/c1-3-9(2)14(16)18-7-11-5-12(15)4-10-6-17-8-19-13(10)11/h4-5,9H,3,6-8H2,1-2H3. The van der Waals surface area contributed by atoms with Gasteiger partial charge in [0.2, 0.25) is 0 Å². The van der Waals surface area contributed by atoms with Crippen LogP contribution in [0.5, 0.6) is 5.75 Å². The molecule has 0 fully saturated rings. The third kappa shape index (κ3) is 3.23. The molecule has 0 spiro atoms. The van der Waals surface area contributed by atoms with E-state index in [1.54, 1.807) is 6.92 Å². The van der Waals surface area contributed by atoms with Gasteiger partial charge in [0.15, 0.2) is 6.79 Å². The lowest BCUT2D eigenvalue weighted by molar-refractivity contribution is -0.149. The van der Waals surface area contributed by atoms with Crippen molar-refractivity contribution in [2.24, 2.45) is 5.92 Å². The van der Waals surface area contributed by atoms with Crippen LogP contribution in [0.3, 0.4) is 0 Å². The van der Waals surface area contributed by atoms with Crippen molar-refractivity contribution in [3.63, 3.8) is 0 Å². The van der Waals surface area contributed by atoms with Crippen LogP contribution in [0.25, 0.3) is 0 Å². The van der Waals surface area contributed by atoms with E-state index in [-0.39, 0.29) is 31.1 Å². The van der Waals surface area contributed by atoms with Gasteiger partial charge >= 0.3 is 5.97 Å². The van der Waals surface area contributed by atoms with Crippen LogP contribution in [0.15, 0.2) is 12.1 Å². The van der Waals surface area contributed by atoms with Crippen molar-refractivity contribution in [1.29, 1.82) is 0 Å². The Balaban J connectivity index is 2.12. The molecule has 2 rings (SSSR count). The molecule has 0 aromatic heterocycles. The molecule has 1 aliphatic rings. The van der Waals surface area contributed by atoms with Gasteiger partial charge in [-0.3, -0.25) is 4.79 Å². The molecule has 104 valence electrons. The van der Waals surface area contributed by atoms with Gasteiger partial charge in [-0.15, -0.1) is 0 Å². The number of carbonyl (C=O) groups is 1. The van der Waals surface area contributed by atoms with E-state index in [0.29, 0.717) is 29.9 Å². The molecule has 4 nitrogen and oxygen atoms in total. The maximum atomic E-state index is 13.5. The van der Waals surface area contributed by atoms with Crippen molar-refractivity contribution in [3.05, 3.63) is 29.1 Å². The quantitative estimate of drug-likeness (QED) is 0.788. The second-order valence-corrected chi connectivity index (χ2v) is 4.58. The van der Waals surface area contributed by atoms with E-state index in [1.807, 2.05) is 6.92 Å². The molecule has 1 atom stereocenters. The monoisotopic (exact) mass is 268 g/mol. The fraction of sp³-hybridized carbons (Fsp3) is 0.500. The summed E-state index contributed by atoms with van der Waals surface area (Å²) in [7, 11) is 0. The molecule has 1 heterocycles. The van der Waals surface area contributed by atoms with E-state index < -0.39 is 0 Å². The Hall–Kier alpha value is -1.62. The summed E-state index contributed by atoms with van der Waals surface area (Å²) in [5.41, 5.74) is 1.18. The topological polar surface area (TPSA) is 44.8 Å². The van der Waals surface area contributed by atoms with Crippen molar-refractivity contribution in [3.8, 4) is 5.75 Å². The molecule has 1 unspecified atom stereocenters. The Bertz CT molecular complexity index is 473. The number of rotatable bonds is 4. The van der Waals surface area contributed by atoms with Gasteiger partial charge in [0, 0.05) is 11.1 Å². The fourth-order valence-corrected chi connectivity index (χ4v) is 1.82. The first kappa shape index (κ1) is 13.8. The predicted molar refractivity (Wildman–Crippen MR) is 65.9 cm³/mol. The van der Waals surface area contributed by atoms with Crippen molar-refractivity contribution in [2.75, 3.05) is 6.79 Å². The van der Waals surface area contributed by atoms with Gasteiger partial charge in [0.1, 0.15) is 18.2 Å². The van der Waals surface area contributed by atoms with Crippen molar-refractivity contribution in [2.45, 2.75) is 33.5 Å². The number of ether oxygens (including phenoxy) is 3. The third-order valence-electron chi connectivity index (χ3n) is 3.14. The SMILES string of the molecule is CCC(C)C(=O)OCc1cc(F)cc2c1OCOC2. The summed E-state index contributed by atoms with van der Waals surface area (Å²) < 4.78 is 29.1. The lowest BCUT2D eigenvalue weighted by Gasteiger charge is -2.21. The number of hydrogen-bond acceptors (Lipinski definition) is 4. The second-order valence-electron chi connectivity index (χ2n) is 4.58. The average Bonchev–Trinajstić information content (AvgIpc) is 2.43. The molecule has 1 aromatic carbocycles. The number of hydrogen-bond donors (Lipinski definition) is 0. The van der Waals surface area contributed by atoms with Crippen molar-refractivity contribution >= 4 is 5.97 Å². The number of fused-ring (bicyclic) bond motifs is 1. The molecule has 0 radical (unpaired) electrons. The first-order valence-electron chi connectivity index (χ1n) is 6.30. The Morgan fingerprint density at radius 1 is 1.53 bits per heavy atom. The van der Waals surface area contributed by atoms with Gasteiger partial charge in [0.25, 0.3) is 0 Å². The Morgan fingerprint density at radius 3 is 3.05 bits per heavy atom. The van der Waals surface area contributed by atoms with E-state index >= 15 is 0 Å². The van der Waals surface area contributed by atoms with E-state index in [4.69, 9.17) is 14.2 Å². The third-order valence-corrected chi connectivity index (χ3v) is 3.14. The van der Waals surface area contributed by atoms with Crippen molar-refractivity contribution in [1.82, 2.24) is 0 Å². The zero-order valence-electron chi connectivity index (χ0n) is 11.1. The number of esters is 1. The van der Waals surface area contributed by atoms with Gasteiger partial charge in [-0.25, -0.2) is 4.39 Å². The maximum absolute atomic E-state index is 13.5. The largest absolute Gasteiger partial charge is 0.467 e. The minimum atomic E-state index is -0.387. The maximum Gasteiger partial charge on any atom is 0.308 e. The van der Waals surface area contributed by atoms with Crippen LogP contribution in [-0.2, 0) is 27.5 Å². The van der Waals surface area contributed by atoms with Gasteiger partial charge in [-0.2, -0.15) is 0 Å². The molecule has 0 saturated carbocycles. The average molecular weight is 268 g/mol. The zero-order valence-corrected chi connectivity index (χ0v) is 11.1. The van der Waals surface area contributed by atoms with E-state index in [2.05, 4.69) is 0 Å². The van der Waals surface area contributed by atoms with Crippen LogP contribution < -0.4 is 4.74 Å². The van der Waals surface area contributed by atoms with Crippen LogP contribution in [0.4, 0.5) is 4.39 Å². The molecular formula is C14H17FO4. The zero-order chi connectivity index (χ0) is 13.8. The van der Waals surface area contributed by atoms with E-state index in [9.17, 15) is 9.18 Å². The van der Waals surface area contributed by atoms with Gasteiger partial charge in [-0.05, 0) is 18.6 Å². The highest BCUT2D eigenvalue weighted by Crippen LogP contribution is 2.30. The smallest absolute Gasteiger partial charge is 0.308 e. The van der Waals surface area contributed by atoms with Gasteiger partial charge in [0.05, 0.1) is 12.5 Å². The Labute approximate surface area is 111 Å². The molecule has 19 heavy (non-hydrogen) atoms. The summed E-state index contributed by atoms with van der Waals surface area (Å²) in [6.07, 6.45) is 0.713. The summed E-state index contributed by atoms with van der Waals surface area (Å²) in [4.78, 5) is 11.6. The Morgan fingerprint density at radius 2 is 2.32 bits per heavy atom. The van der Waals surface area contributed by atoms with E-state index in [1.165, 1.54) is 12.1 Å². The number of halogens is 1. The molecule has 5 heteroatoms. The van der Waals surface area contributed by atoms with Crippen LogP contribution >= 0.6 is 0 Å². The minimum Gasteiger partial charge on any atom is -0.467 e. The van der Waals surface area contributed by atoms with Crippen molar-refractivity contribution < 1.29 is 23.4 Å². The highest BCUT2D eigenvalue weighted by Gasteiger charge is 2.19. The molecule has 0 aliphatic carbocycles. The van der Waals surface area contributed by atoms with Crippen LogP contribution in [0.1, 0.15) is 31.4 Å². The summed E-state index contributed by atoms with van der Waals surface area (Å²) in [6, 6.07) is 2.70.